The van der Waals surface area contributed by atoms with Crippen LogP contribution in [0, 0.1) is 5.92 Å². The third-order valence-electron chi connectivity index (χ3n) is 5.66. The molecule has 0 aromatic heterocycles. The monoisotopic (exact) mass is 372 g/mol. The molecular weight excluding hydrogens is 351 g/mol. The van der Waals surface area contributed by atoms with Gasteiger partial charge in [0, 0.05) is 0 Å². The van der Waals surface area contributed by atoms with Gasteiger partial charge in [0.1, 0.15) is 6.10 Å². The van der Waals surface area contributed by atoms with E-state index in [1.165, 1.54) is 0 Å². The van der Waals surface area contributed by atoms with Crippen LogP contribution in [0.25, 0.3) is 0 Å². The molecule has 9 heteroatoms. The second-order valence-corrected chi connectivity index (χ2v) is 7.21. The van der Waals surface area contributed by atoms with E-state index in [9.17, 15) is 31.9 Å². The van der Waals surface area contributed by atoms with Gasteiger partial charge in [-0.3, -0.25) is 4.79 Å². The molecule has 1 N–H and O–H groups in total. The predicted molar refractivity (Wildman–Crippen MR) is 74.7 cm³/mol. The molecule has 4 nitrogen and oxygen atoms in total. The molecule has 0 amide bonds. The van der Waals surface area contributed by atoms with Gasteiger partial charge in [-0.25, -0.2) is 0 Å². The fourth-order valence-electron chi connectivity index (χ4n) is 4.22. The first-order chi connectivity index (χ1) is 11.6. The summed E-state index contributed by atoms with van der Waals surface area (Å²) in [4.78, 5) is 12.4. The van der Waals surface area contributed by atoms with Crippen molar-refractivity contribution in [1.29, 1.82) is 0 Å². The van der Waals surface area contributed by atoms with Crippen molar-refractivity contribution in [1.82, 2.24) is 0 Å². The Morgan fingerprint density at radius 1 is 1.04 bits per heavy atom. The molecule has 3 aliphatic rings. The van der Waals surface area contributed by atoms with Crippen molar-refractivity contribution < 1.29 is 41.3 Å². The highest BCUT2D eigenvalue weighted by atomic mass is 19.4. The molecule has 0 aromatic rings. The molecule has 0 spiro atoms. The van der Waals surface area contributed by atoms with E-state index >= 15 is 0 Å². The van der Waals surface area contributed by atoms with Gasteiger partial charge in [-0.05, 0) is 32.1 Å². The largest absolute Gasteiger partial charge is 0.449 e. The van der Waals surface area contributed by atoms with Gasteiger partial charge in [-0.15, -0.1) is 0 Å². The average molecular weight is 372 g/mol. The lowest BCUT2D eigenvalue weighted by Gasteiger charge is -2.42. The average Bonchev–Trinajstić information content (AvgIpc) is 2.73. The van der Waals surface area contributed by atoms with Gasteiger partial charge in [0.25, 0.3) is 0 Å². The van der Waals surface area contributed by atoms with Crippen molar-refractivity contribution in [3.05, 3.63) is 0 Å². The minimum Gasteiger partial charge on any atom is -0.449 e. The van der Waals surface area contributed by atoms with Crippen molar-refractivity contribution in [2.75, 3.05) is 0 Å². The summed E-state index contributed by atoms with van der Waals surface area (Å²) < 4.78 is 78.6. The molecule has 2 saturated carbocycles. The molecule has 3 rings (SSSR count). The fourth-order valence-corrected chi connectivity index (χ4v) is 4.22. The highest BCUT2D eigenvalue weighted by molar-refractivity contribution is 5.73. The molecule has 3 atom stereocenters. The molecule has 3 fully saturated rings. The lowest BCUT2D eigenvalue weighted by atomic mass is 9.77. The lowest BCUT2D eigenvalue weighted by molar-refractivity contribution is -0.412. The van der Waals surface area contributed by atoms with Crippen LogP contribution in [0.2, 0.25) is 0 Å². The third-order valence-corrected chi connectivity index (χ3v) is 5.66. The van der Waals surface area contributed by atoms with Crippen LogP contribution in [0.4, 0.5) is 22.0 Å². The first-order valence-corrected chi connectivity index (χ1v) is 8.63. The molecule has 0 radical (unpaired) electrons. The van der Waals surface area contributed by atoms with Crippen LogP contribution in [0.5, 0.6) is 0 Å². The number of halogens is 5. The third kappa shape index (κ3) is 2.65. The Hall–Kier alpha value is -0.960. The Kier molecular flexibility index (Phi) is 4.55. The van der Waals surface area contributed by atoms with E-state index in [4.69, 9.17) is 4.74 Å². The van der Waals surface area contributed by atoms with Crippen LogP contribution in [0.3, 0.4) is 0 Å². The molecule has 0 bridgehead atoms. The lowest BCUT2D eigenvalue weighted by Crippen LogP contribution is -2.65. The van der Waals surface area contributed by atoms with Crippen LogP contribution >= 0.6 is 0 Å². The Labute approximate surface area is 141 Å². The number of carbonyl (C=O) groups is 1. The van der Waals surface area contributed by atoms with Crippen LogP contribution < -0.4 is 0 Å². The number of hydrogen-bond donors (Lipinski definition) is 1. The first kappa shape index (κ1) is 18.8. The minimum absolute atomic E-state index is 0.133. The zero-order chi connectivity index (χ0) is 18.5. The second kappa shape index (κ2) is 6.04. The van der Waals surface area contributed by atoms with E-state index in [1.54, 1.807) is 0 Å². The van der Waals surface area contributed by atoms with Crippen LogP contribution in [0.1, 0.15) is 57.8 Å². The minimum atomic E-state index is -5.71. The molecule has 144 valence electrons. The molecule has 3 unspecified atom stereocenters. The van der Waals surface area contributed by atoms with E-state index in [0.29, 0.717) is 19.3 Å². The first-order valence-electron chi connectivity index (χ1n) is 8.63. The number of alkyl halides is 5. The predicted octanol–water partition coefficient (Wildman–Crippen LogP) is 3.71. The van der Waals surface area contributed by atoms with Gasteiger partial charge >= 0.3 is 23.9 Å². The molecule has 1 aliphatic heterocycles. The molecular formula is C16H21F5O4. The van der Waals surface area contributed by atoms with Crippen molar-refractivity contribution in [3.8, 4) is 0 Å². The summed E-state index contributed by atoms with van der Waals surface area (Å²) in [5.74, 6) is -10.9. The summed E-state index contributed by atoms with van der Waals surface area (Å²) in [5, 5.41) is 9.69. The van der Waals surface area contributed by atoms with Gasteiger partial charge in [0.2, 0.25) is 5.60 Å². The van der Waals surface area contributed by atoms with Gasteiger partial charge < -0.3 is 14.6 Å². The van der Waals surface area contributed by atoms with Crippen molar-refractivity contribution in [2.24, 2.45) is 5.92 Å². The molecule has 1 heterocycles. The Morgan fingerprint density at radius 2 is 1.64 bits per heavy atom. The summed E-state index contributed by atoms with van der Waals surface area (Å²) in [6.07, 6.45) is -4.12. The number of aliphatic hydroxyl groups is 1. The van der Waals surface area contributed by atoms with Gasteiger partial charge in [-0.2, -0.15) is 22.0 Å². The molecule has 25 heavy (non-hydrogen) atoms. The number of rotatable bonds is 2. The maximum atomic E-state index is 14.8. The maximum absolute atomic E-state index is 14.8. The summed E-state index contributed by atoms with van der Waals surface area (Å²) in [6, 6.07) is 0. The topological polar surface area (TPSA) is 55.8 Å². The van der Waals surface area contributed by atoms with E-state index in [2.05, 4.69) is 4.74 Å². The maximum Gasteiger partial charge on any atom is 0.449 e. The molecule has 2 aliphatic carbocycles. The van der Waals surface area contributed by atoms with E-state index in [0.717, 1.165) is 19.3 Å². The number of fused-ring (bicyclic) bond motifs is 1. The number of ether oxygens (including phenoxy) is 2. The zero-order valence-corrected chi connectivity index (χ0v) is 13.6. The van der Waals surface area contributed by atoms with E-state index < -0.39 is 47.9 Å². The quantitative estimate of drug-likeness (QED) is 0.593. The number of carbonyl (C=O) groups excluding carboxylic acids is 1. The van der Waals surface area contributed by atoms with E-state index in [-0.39, 0.29) is 12.8 Å². The standard InChI is InChI=1S/C16H21F5O4/c17-14(18)13(25-12(22)10-6-2-1-3-7-10)9-5-4-8-11(13)24-15(14,23)16(19,20)21/h10-11,23H,1-9H2. The zero-order valence-electron chi connectivity index (χ0n) is 13.6. The van der Waals surface area contributed by atoms with Gasteiger partial charge in [0.15, 0.2) is 0 Å². The number of hydrogen-bond acceptors (Lipinski definition) is 4. The summed E-state index contributed by atoms with van der Waals surface area (Å²) >= 11 is 0. The van der Waals surface area contributed by atoms with Gasteiger partial charge in [0.05, 0.1) is 5.92 Å². The number of esters is 1. The van der Waals surface area contributed by atoms with Crippen molar-refractivity contribution in [2.45, 2.75) is 87.4 Å². The smallest absolute Gasteiger partial charge is 0.449 e. The highest BCUT2D eigenvalue weighted by Crippen LogP contribution is 2.61. The van der Waals surface area contributed by atoms with Crippen LogP contribution in [-0.4, -0.2) is 40.7 Å². The highest BCUT2D eigenvalue weighted by Gasteiger charge is 2.86. The normalized spacial score (nSPS) is 39.0. The molecule has 0 aromatic carbocycles. The van der Waals surface area contributed by atoms with Crippen LogP contribution in [0.15, 0.2) is 0 Å². The molecule has 1 saturated heterocycles. The Bertz CT molecular complexity index is 531. The van der Waals surface area contributed by atoms with Crippen molar-refractivity contribution in [3.63, 3.8) is 0 Å². The van der Waals surface area contributed by atoms with E-state index in [1.807, 2.05) is 0 Å². The Balaban J connectivity index is 1.93. The van der Waals surface area contributed by atoms with Crippen LogP contribution in [-0.2, 0) is 14.3 Å². The summed E-state index contributed by atoms with van der Waals surface area (Å²) in [6.45, 7) is 0. The second-order valence-electron chi connectivity index (χ2n) is 7.21. The fraction of sp³-hybridized carbons (Fsp3) is 0.938. The summed E-state index contributed by atoms with van der Waals surface area (Å²) in [7, 11) is 0. The van der Waals surface area contributed by atoms with Gasteiger partial charge in [-0.1, -0.05) is 25.7 Å². The SMILES string of the molecule is O=C(OC12CCCCC1OC(O)(C(F)(F)F)C2(F)F)C1CCCCC1. The Morgan fingerprint density at radius 3 is 2.24 bits per heavy atom. The summed E-state index contributed by atoms with van der Waals surface area (Å²) in [5.41, 5.74) is -2.77. The van der Waals surface area contributed by atoms with Crippen molar-refractivity contribution >= 4 is 5.97 Å².